The highest BCUT2D eigenvalue weighted by molar-refractivity contribution is 7.47. The van der Waals surface area contributed by atoms with Crippen molar-refractivity contribution >= 4 is 39.5 Å². The van der Waals surface area contributed by atoms with Crippen molar-refractivity contribution in [1.29, 1.82) is 0 Å². The van der Waals surface area contributed by atoms with Crippen LogP contribution in [0.15, 0.2) is 0 Å². The van der Waals surface area contributed by atoms with E-state index in [2.05, 4.69) is 55.4 Å². The molecule has 0 heterocycles. The second-order valence-corrected chi connectivity index (χ2v) is 32.7. The summed E-state index contributed by atoms with van der Waals surface area (Å²) in [5, 5.41) is 10.6. The van der Waals surface area contributed by atoms with Gasteiger partial charge in [0.25, 0.3) is 0 Å². The van der Waals surface area contributed by atoms with Crippen molar-refractivity contribution in [2.75, 3.05) is 39.6 Å². The molecule has 0 aromatic rings. The molecular weight excluding hydrogens is 1270 g/mol. The molecule has 97 heavy (non-hydrogen) atoms. The summed E-state index contributed by atoms with van der Waals surface area (Å²) in [6.07, 6.45) is 53.0. The van der Waals surface area contributed by atoms with Gasteiger partial charge in [-0.15, -0.1) is 0 Å². The van der Waals surface area contributed by atoms with Crippen LogP contribution in [-0.4, -0.2) is 96.7 Å². The second kappa shape index (κ2) is 67.2. The van der Waals surface area contributed by atoms with E-state index in [-0.39, 0.29) is 25.7 Å². The molecule has 3 unspecified atom stereocenters. The van der Waals surface area contributed by atoms with Gasteiger partial charge in [-0.1, -0.05) is 344 Å². The summed E-state index contributed by atoms with van der Waals surface area (Å²) in [6.45, 7) is 14.1. The summed E-state index contributed by atoms with van der Waals surface area (Å²) in [5.41, 5.74) is 0. The van der Waals surface area contributed by atoms with E-state index in [1.807, 2.05) is 0 Å². The first-order chi connectivity index (χ1) is 46.6. The van der Waals surface area contributed by atoms with Gasteiger partial charge in [0, 0.05) is 25.7 Å². The van der Waals surface area contributed by atoms with E-state index in [0.717, 1.165) is 120 Å². The number of unbranched alkanes of at least 4 members (excludes halogenated alkanes) is 40. The summed E-state index contributed by atoms with van der Waals surface area (Å²) in [6, 6.07) is 0. The van der Waals surface area contributed by atoms with Crippen LogP contribution in [0.3, 0.4) is 0 Å². The SMILES string of the molecule is CCC(C)CCCCCCCCC(=O)OC[C@H](COP(=O)(O)OC[C@@H](O)COP(=O)(O)OC[C@@H](COC(=O)CCCCCCCCC(C)C)OC(=O)CCCCCCCCCCCCCCCCC(C)C)OC(=O)CCCCCCCCCCCCCCCCCCCCC(C)C. The number of ether oxygens (including phenoxy) is 4. The number of hydrogen-bond acceptors (Lipinski definition) is 15. The summed E-state index contributed by atoms with van der Waals surface area (Å²) < 4.78 is 68.5. The molecule has 3 N–H and O–H groups in total. The van der Waals surface area contributed by atoms with E-state index in [4.69, 9.17) is 37.0 Å². The molecule has 0 aromatic carbocycles. The molecular formula is C78H152O17P2. The van der Waals surface area contributed by atoms with Gasteiger partial charge in [-0.3, -0.25) is 37.3 Å². The maximum atomic E-state index is 13.1. The van der Waals surface area contributed by atoms with Crippen molar-refractivity contribution in [2.24, 2.45) is 23.7 Å². The van der Waals surface area contributed by atoms with E-state index < -0.39 is 97.5 Å². The molecule has 0 spiro atoms. The summed E-state index contributed by atoms with van der Waals surface area (Å²) in [5.74, 6) is 0.903. The molecule has 0 aliphatic carbocycles. The third kappa shape index (κ3) is 70.9. The van der Waals surface area contributed by atoms with E-state index >= 15 is 0 Å². The van der Waals surface area contributed by atoms with E-state index in [0.29, 0.717) is 31.6 Å². The van der Waals surface area contributed by atoms with Crippen molar-refractivity contribution < 1.29 is 80.2 Å². The highest BCUT2D eigenvalue weighted by Gasteiger charge is 2.30. The Balaban J connectivity index is 5.16. The maximum absolute atomic E-state index is 13.1. The van der Waals surface area contributed by atoms with Crippen LogP contribution < -0.4 is 0 Å². The molecule has 0 bridgehead atoms. The fraction of sp³-hybridized carbons (Fsp3) is 0.949. The molecule has 6 atom stereocenters. The Labute approximate surface area is 594 Å². The molecule has 17 nitrogen and oxygen atoms in total. The largest absolute Gasteiger partial charge is 0.472 e. The van der Waals surface area contributed by atoms with Crippen LogP contribution in [0.25, 0.3) is 0 Å². The molecule has 0 saturated carbocycles. The Morgan fingerprint density at radius 2 is 0.495 bits per heavy atom. The lowest BCUT2D eigenvalue weighted by atomic mass is 10.00. The van der Waals surface area contributed by atoms with Crippen LogP contribution >= 0.6 is 15.6 Å². The summed E-state index contributed by atoms with van der Waals surface area (Å²) in [4.78, 5) is 72.8. The first-order valence-corrected chi connectivity index (χ1v) is 43.2. The van der Waals surface area contributed by atoms with E-state index in [9.17, 15) is 43.2 Å². The number of carbonyl (C=O) groups excluding carboxylic acids is 4. The minimum Gasteiger partial charge on any atom is -0.462 e. The fourth-order valence-corrected chi connectivity index (χ4v) is 13.5. The number of aliphatic hydroxyl groups excluding tert-OH is 1. The van der Waals surface area contributed by atoms with Crippen LogP contribution in [0, 0.1) is 23.7 Å². The van der Waals surface area contributed by atoms with Crippen molar-refractivity contribution in [3.05, 3.63) is 0 Å². The van der Waals surface area contributed by atoms with Gasteiger partial charge in [-0.05, 0) is 49.4 Å². The molecule has 576 valence electrons. The molecule has 0 rings (SSSR count). The smallest absolute Gasteiger partial charge is 0.462 e. The third-order valence-electron chi connectivity index (χ3n) is 18.4. The molecule has 0 aromatic heterocycles. The van der Waals surface area contributed by atoms with Crippen molar-refractivity contribution in [2.45, 2.75) is 414 Å². The van der Waals surface area contributed by atoms with Crippen molar-refractivity contribution in [3.8, 4) is 0 Å². The number of rotatable bonds is 75. The number of phosphoric ester groups is 2. The zero-order chi connectivity index (χ0) is 71.7. The second-order valence-electron chi connectivity index (χ2n) is 29.8. The lowest BCUT2D eigenvalue weighted by Gasteiger charge is -2.21. The average Bonchev–Trinajstić information content (AvgIpc) is 1.13. The normalized spacial score (nSPS) is 14.4. The Morgan fingerprint density at radius 3 is 0.732 bits per heavy atom. The van der Waals surface area contributed by atoms with Crippen LogP contribution in [0.2, 0.25) is 0 Å². The highest BCUT2D eigenvalue weighted by atomic mass is 31.2. The Kier molecular flexibility index (Phi) is 65.9. The van der Waals surface area contributed by atoms with Gasteiger partial charge in [-0.2, -0.15) is 0 Å². The van der Waals surface area contributed by atoms with Gasteiger partial charge in [0.05, 0.1) is 26.4 Å². The predicted octanol–water partition coefficient (Wildman–Crippen LogP) is 22.8. The zero-order valence-corrected chi connectivity index (χ0v) is 65.5. The number of phosphoric acid groups is 2. The van der Waals surface area contributed by atoms with Gasteiger partial charge in [0.1, 0.15) is 19.3 Å². The lowest BCUT2D eigenvalue weighted by molar-refractivity contribution is -0.161. The van der Waals surface area contributed by atoms with Gasteiger partial charge in [0.2, 0.25) is 0 Å². The van der Waals surface area contributed by atoms with Gasteiger partial charge in [-0.25, -0.2) is 9.13 Å². The molecule has 0 saturated heterocycles. The van der Waals surface area contributed by atoms with Crippen molar-refractivity contribution in [3.63, 3.8) is 0 Å². The quantitative estimate of drug-likeness (QED) is 0.0222. The summed E-state index contributed by atoms with van der Waals surface area (Å²) >= 11 is 0. The molecule has 0 fully saturated rings. The fourth-order valence-electron chi connectivity index (χ4n) is 11.9. The maximum Gasteiger partial charge on any atom is 0.472 e. The third-order valence-corrected chi connectivity index (χ3v) is 20.3. The minimum absolute atomic E-state index is 0.106. The molecule has 0 aliphatic heterocycles. The standard InChI is InChI=1S/C78H152O17P2/c1-9-71(8)57-49-41-35-37-43-51-59-76(81)89-65-74(95-78(83)60-52-44-32-28-24-20-15-13-11-10-12-14-18-22-26-30-38-46-54-68(2)3)67-93-97(86,87)91-63-72(79)62-90-96(84,85)92-66-73(64-88-75(80)58-50-42-36-34-40-48-56-70(6)7)94-77(82)61-53-45-33-29-25-21-17-16-19-23-27-31-39-47-55-69(4)5/h68-74,79H,9-67H2,1-8H3,(H,84,85)(H,86,87)/t71?,72-,73+,74+/m0/s1. The van der Waals surface area contributed by atoms with Gasteiger partial charge >= 0.3 is 39.5 Å². The minimum atomic E-state index is -4.96. The van der Waals surface area contributed by atoms with E-state index in [1.165, 1.54) is 186 Å². The molecule has 0 radical (unpaired) electrons. The van der Waals surface area contributed by atoms with E-state index in [1.54, 1.807) is 0 Å². The first-order valence-electron chi connectivity index (χ1n) is 40.2. The first kappa shape index (κ1) is 95.1. The monoisotopic (exact) mass is 1420 g/mol. The lowest BCUT2D eigenvalue weighted by Crippen LogP contribution is -2.30. The number of esters is 4. The number of aliphatic hydroxyl groups is 1. The molecule has 19 heteroatoms. The van der Waals surface area contributed by atoms with Crippen LogP contribution in [0.5, 0.6) is 0 Å². The zero-order valence-electron chi connectivity index (χ0n) is 63.7. The van der Waals surface area contributed by atoms with Crippen LogP contribution in [-0.2, 0) is 65.4 Å². The predicted molar refractivity (Wildman–Crippen MR) is 395 cm³/mol. The Morgan fingerprint density at radius 1 is 0.289 bits per heavy atom. The average molecular weight is 1420 g/mol. The molecule has 0 amide bonds. The number of hydrogen-bond donors (Lipinski definition) is 3. The van der Waals surface area contributed by atoms with Crippen LogP contribution in [0.1, 0.15) is 396 Å². The van der Waals surface area contributed by atoms with Crippen LogP contribution in [0.4, 0.5) is 0 Å². The Bertz CT molecular complexity index is 1900. The van der Waals surface area contributed by atoms with Crippen molar-refractivity contribution in [1.82, 2.24) is 0 Å². The van der Waals surface area contributed by atoms with Gasteiger partial charge in [0.15, 0.2) is 12.2 Å². The molecule has 0 aliphatic rings. The highest BCUT2D eigenvalue weighted by Crippen LogP contribution is 2.45. The van der Waals surface area contributed by atoms with Gasteiger partial charge < -0.3 is 33.8 Å². The Hall–Kier alpha value is -1.94. The topological polar surface area (TPSA) is 237 Å². The number of carbonyl (C=O) groups is 4. The summed E-state index contributed by atoms with van der Waals surface area (Å²) in [7, 11) is -9.91.